The van der Waals surface area contributed by atoms with Crippen molar-refractivity contribution >= 4 is 0 Å². The smallest absolute Gasteiger partial charge is 0.127 e. The highest BCUT2D eigenvalue weighted by Crippen LogP contribution is 2.38. The van der Waals surface area contributed by atoms with E-state index in [1.54, 1.807) is 0 Å². The van der Waals surface area contributed by atoms with Gasteiger partial charge in [0.1, 0.15) is 11.4 Å². The van der Waals surface area contributed by atoms with Gasteiger partial charge in [-0.25, -0.2) is 0 Å². The van der Waals surface area contributed by atoms with Crippen LogP contribution in [0.1, 0.15) is 55.0 Å². The number of rotatable bonds is 4. The fraction of sp³-hybridized carbons (Fsp3) is 0.478. The minimum absolute atomic E-state index is 0.0934. The van der Waals surface area contributed by atoms with Gasteiger partial charge in [0.25, 0.3) is 0 Å². The van der Waals surface area contributed by atoms with Gasteiger partial charge in [0.2, 0.25) is 0 Å². The summed E-state index contributed by atoms with van der Waals surface area (Å²) in [6.45, 7) is 8.49. The van der Waals surface area contributed by atoms with Gasteiger partial charge in [-0.15, -0.1) is 0 Å². The molecule has 0 radical (unpaired) electrons. The van der Waals surface area contributed by atoms with Crippen molar-refractivity contribution < 1.29 is 4.74 Å². The first-order valence-corrected chi connectivity index (χ1v) is 9.85. The summed E-state index contributed by atoms with van der Waals surface area (Å²) in [5.74, 6) is 1.10. The van der Waals surface area contributed by atoms with Gasteiger partial charge in [0.15, 0.2) is 0 Å². The lowest BCUT2D eigenvalue weighted by atomic mass is 9.92. The summed E-state index contributed by atoms with van der Waals surface area (Å²) in [4.78, 5) is 0. The SMILES string of the molecule is Cc1cc(CN[C@H]2CCCN[C@H]2c2ccccc2)c2c(c1)CC(C)(C)O2. The molecule has 2 aliphatic rings. The van der Waals surface area contributed by atoms with Gasteiger partial charge in [0.05, 0.1) is 0 Å². The van der Waals surface area contributed by atoms with Gasteiger partial charge in [-0.1, -0.05) is 48.0 Å². The Morgan fingerprint density at radius 3 is 2.81 bits per heavy atom. The van der Waals surface area contributed by atoms with Gasteiger partial charge in [-0.3, -0.25) is 0 Å². The average Bonchev–Trinajstić information content (AvgIpc) is 2.94. The van der Waals surface area contributed by atoms with E-state index in [2.05, 4.69) is 73.9 Å². The Balaban J connectivity index is 1.52. The second-order valence-electron chi connectivity index (χ2n) is 8.42. The third-order valence-electron chi connectivity index (χ3n) is 5.55. The minimum Gasteiger partial charge on any atom is -0.487 e. The van der Waals surface area contributed by atoms with Crippen LogP contribution in [0.5, 0.6) is 5.75 Å². The molecule has 1 saturated heterocycles. The number of hydrogen-bond donors (Lipinski definition) is 2. The lowest BCUT2D eigenvalue weighted by Gasteiger charge is -2.34. The van der Waals surface area contributed by atoms with Crippen LogP contribution in [-0.4, -0.2) is 18.2 Å². The van der Waals surface area contributed by atoms with E-state index in [4.69, 9.17) is 4.74 Å². The van der Waals surface area contributed by atoms with Crippen molar-refractivity contribution in [3.8, 4) is 5.75 Å². The number of fused-ring (bicyclic) bond motifs is 1. The lowest BCUT2D eigenvalue weighted by Crippen LogP contribution is -2.45. The van der Waals surface area contributed by atoms with Crippen molar-refractivity contribution in [2.75, 3.05) is 6.54 Å². The number of ether oxygens (including phenoxy) is 1. The van der Waals surface area contributed by atoms with Crippen LogP contribution in [0.15, 0.2) is 42.5 Å². The molecule has 2 aromatic rings. The predicted molar refractivity (Wildman–Crippen MR) is 107 cm³/mol. The van der Waals surface area contributed by atoms with E-state index in [0.717, 1.165) is 25.3 Å². The van der Waals surface area contributed by atoms with Crippen molar-refractivity contribution in [1.29, 1.82) is 0 Å². The fourth-order valence-electron chi connectivity index (χ4n) is 4.45. The summed E-state index contributed by atoms with van der Waals surface area (Å²) in [6, 6.07) is 16.2. The molecule has 138 valence electrons. The molecule has 0 aliphatic carbocycles. The van der Waals surface area contributed by atoms with Gasteiger partial charge in [-0.2, -0.15) is 0 Å². The molecule has 2 N–H and O–H groups in total. The summed E-state index contributed by atoms with van der Waals surface area (Å²) in [7, 11) is 0. The molecular formula is C23H30N2O. The Hall–Kier alpha value is -1.84. The summed E-state index contributed by atoms with van der Waals surface area (Å²) >= 11 is 0. The maximum atomic E-state index is 6.28. The number of benzene rings is 2. The first kappa shape index (κ1) is 17.6. The van der Waals surface area contributed by atoms with Crippen LogP contribution in [0.2, 0.25) is 0 Å². The average molecular weight is 351 g/mol. The van der Waals surface area contributed by atoms with E-state index in [-0.39, 0.29) is 5.60 Å². The van der Waals surface area contributed by atoms with Gasteiger partial charge in [-0.05, 0) is 51.3 Å². The summed E-state index contributed by atoms with van der Waals surface area (Å²) in [5.41, 5.74) is 5.25. The monoisotopic (exact) mass is 350 g/mol. The molecule has 26 heavy (non-hydrogen) atoms. The summed E-state index contributed by atoms with van der Waals surface area (Å²) in [6.07, 6.45) is 3.41. The normalized spacial score (nSPS) is 24.1. The van der Waals surface area contributed by atoms with Crippen molar-refractivity contribution in [2.24, 2.45) is 0 Å². The highest BCUT2D eigenvalue weighted by Gasteiger charge is 2.32. The molecule has 3 heteroatoms. The number of aryl methyl sites for hydroxylation is 1. The molecule has 2 aromatic carbocycles. The van der Waals surface area contributed by atoms with E-state index in [1.165, 1.54) is 35.1 Å². The first-order chi connectivity index (χ1) is 12.5. The second-order valence-corrected chi connectivity index (χ2v) is 8.42. The van der Waals surface area contributed by atoms with Crippen LogP contribution in [0.25, 0.3) is 0 Å². The van der Waals surface area contributed by atoms with Crippen molar-refractivity contribution in [2.45, 2.75) is 64.3 Å². The zero-order chi connectivity index (χ0) is 18.1. The quantitative estimate of drug-likeness (QED) is 0.863. The Labute approximate surface area is 157 Å². The molecule has 2 heterocycles. The van der Waals surface area contributed by atoms with E-state index in [0.29, 0.717) is 12.1 Å². The highest BCUT2D eigenvalue weighted by atomic mass is 16.5. The molecule has 3 nitrogen and oxygen atoms in total. The fourth-order valence-corrected chi connectivity index (χ4v) is 4.45. The largest absolute Gasteiger partial charge is 0.487 e. The Kier molecular flexibility index (Phi) is 4.76. The van der Waals surface area contributed by atoms with Crippen molar-refractivity contribution in [3.05, 3.63) is 64.7 Å². The molecule has 0 bridgehead atoms. The third kappa shape index (κ3) is 3.65. The van der Waals surface area contributed by atoms with Gasteiger partial charge in [0, 0.05) is 30.6 Å². The van der Waals surface area contributed by atoms with E-state index in [9.17, 15) is 0 Å². The number of hydrogen-bond acceptors (Lipinski definition) is 3. The van der Waals surface area contributed by atoms with Crippen LogP contribution in [-0.2, 0) is 13.0 Å². The summed E-state index contributed by atoms with van der Waals surface area (Å²) < 4.78 is 6.28. The maximum absolute atomic E-state index is 6.28. The molecule has 0 saturated carbocycles. The topological polar surface area (TPSA) is 33.3 Å². The number of nitrogens with one attached hydrogen (secondary N) is 2. The lowest BCUT2D eigenvalue weighted by molar-refractivity contribution is 0.137. The van der Waals surface area contributed by atoms with Crippen molar-refractivity contribution in [1.82, 2.24) is 10.6 Å². The van der Waals surface area contributed by atoms with E-state index >= 15 is 0 Å². The van der Waals surface area contributed by atoms with Crippen LogP contribution in [0.3, 0.4) is 0 Å². The van der Waals surface area contributed by atoms with Gasteiger partial charge >= 0.3 is 0 Å². The second kappa shape index (κ2) is 7.05. The number of piperidine rings is 1. The maximum Gasteiger partial charge on any atom is 0.127 e. The van der Waals surface area contributed by atoms with E-state index < -0.39 is 0 Å². The van der Waals surface area contributed by atoms with Crippen molar-refractivity contribution in [3.63, 3.8) is 0 Å². The zero-order valence-corrected chi connectivity index (χ0v) is 16.1. The van der Waals surface area contributed by atoms with Crippen LogP contribution < -0.4 is 15.4 Å². The summed E-state index contributed by atoms with van der Waals surface area (Å²) in [5, 5.41) is 7.53. The van der Waals surface area contributed by atoms with Crippen LogP contribution in [0.4, 0.5) is 0 Å². The first-order valence-electron chi connectivity index (χ1n) is 9.85. The molecule has 2 aliphatic heterocycles. The molecule has 2 atom stereocenters. The Bertz CT molecular complexity index is 769. The third-order valence-corrected chi connectivity index (χ3v) is 5.55. The molecule has 4 rings (SSSR count). The minimum atomic E-state index is -0.0934. The molecular weight excluding hydrogens is 320 g/mol. The molecule has 0 unspecified atom stereocenters. The Morgan fingerprint density at radius 1 is 1.19 bits per heavy atom. The molecule has 0 amide bonds. The van der Waals surface area contributed by atoms with Gasteiger partial charge < -0.3 is 15.4 Å². The van der Waals surface area contributed by atoms with E-state index in [1.807, 2.05) is 0 Å². The van der Waals surface area contributed by atoms with Crippen LogP contribution in [0, 0.1) is 6.92 Å². The highest BCUT2D eigenvalue weighted by molar-refractivity contribution is 5.48. The zero-order valence-electron chi connectivity index (χ0n) is 16.1. The standard InChI is InChI=1S/C23H30N2O/c1-16-12-18-14-23(2,3)26-22(18)19(13-16)15-25-20-10-7-11-24-21(20)17-8-5-4-6-9-17/h4-6,8-9,12-13,20-21,24-25H,7,10-11,14-15H2,1-3H3/t20-,21-/m0/s1. The predicted octanol–water partition coefficient (Wildman–Crippen LogP) is 4.29. The molecule has 0 aromatic heterocycles. The molecule has 0 spiro atoms. The Morgan fingerprint density at radius 2 is 2.00 bits per heavy atom. The van der Waals surface area contributed by atoms with Crippen LogP contribution >= 0.6 is 0 Å². The molecule has 1 fully saturated rings.